The van der Waals surface area contributed by atoms with Crippen LogP contribution in [0.25, 0.3) is 0 Å². The molecule has 82 valence electrons. The Hall–Kier alpha value is -0.930. The van der Waals surface area contributed by atoms with Crippen LogP contribution in [-0.2, 0) is 10.2 Å². The first-order valence-electron chi connectivity index (χ1n) is 5.57. The molecule has 0 amide bonds. The fraction of sp³-hybridized carbons (Fsp3) is 0.583. The van der Waals surface area contributed by atoms with Gasteiger partial charge in [-0.25, -0.2) is 0 Å². The van der Waals surface area contributed by atoms with Crippen LogP contribution in [-0.4, -0.2) is 24.7 Å². The van der Waals surface area contributed by atoms with Crippen LogP contribution in [0.15, 0.2) is 24.4 Å². The zero-order valence-corrected chi connectivity index (χ0v) is 8.98. The molecule has 0 spiro atoms. The summed E-state index contributed by atoms with van der Waals surface area (Å²) in [4.78, 5) is 4.46. The highest BCUT2D eigenvalue weighted by atomic mass is 16.5. The van der Waals surface area contributed by atoms with Crippen LogP contribution in [0.5, 0.6) is 0 Å². The van der Waals surface area contributed by atoms with Gasteiger partial charge in [0.05, 0.1) is 6.61 Å². The van der Waals surface area contributed by atoms with E-state index in [-0.39, 0.29) is 5.41 Å². The topological polar surface area (TPSA) is 48.1 Å². The van der Waals surface area contributed by atoms with Gasteiger partial charge in [-0.15, -0.1) is 0 Å². The summed E-state index contributed by atoms with van der Waals surface area (Å²) in [6.45, 7) is 2.33. The summed E-state index contributed by atoms with van der Waals surface area (Å²) in [5, 5.41) is 0. The third-order valence-electron chi connectivity index (χ3n) is 3.15. The average molecular weight is 206 g/mol. The molecule has 0 aromatic carbocycles. The Morgan fingerprint density at radius 2 is 2.40 bits per heavy atom. The van der Waals surface area contributed by atoms with Crippen molar-refractivity contribution in [2.75, 3.05) is 19.8 Å². The van der Waals surface area contributed by atoms with Gasteiger partial charge in [0.2, 0.25) is 0 Å². The maximum Gasteiger partial charge on any atom is 0.0578 e. The molecule has 2 rings (SSSR count). The third kappa shape index (κ3) is 2.19. The van der Waals surface area contributed by atoms with Crippen LogP contribution in [0.1, 0.15) is 25.0 Å². The predicted octanol–water partition coefficient (Wildman–Crippen LogP) is 1.48. The summed E-state index contributed by atoms with van der Waals surface area (Å²) in [6, 6.07) is 6.07. The number of pyridine rings is 1. The lowest BCUT2D eigenvalue weighted by atomic mass is 9.76. The van der Waals surface area contributed by atoms with Gasteiger partial charge >= 0.3 is 0 Å². The number of rotatable bonds is 3. The molecule has 2 heterocycles. The Balaban J connectivity index is 2.25. The lowest BCUT2D eigenvalue weighted by Crippen LogP contribution is -2.38. The molecule has 1 aliphatic rings. The van der Waals surface area contributed by atoms with Crippen LogP contribution in [0.4, 0.5) is 0 Å². The van der Waals surface area contributed by atoms with E-state index < -0.39 is 0 Å². The molecule has 0 radical (unpaired) electrons. The minimum atomic E-state index is 0.0637. The van der Waals surface area contributed by atoms with Crippen LogP contribution in [0.3, 0.4) is 0 Å². The van der Waals surface area contributed by atoms with Gasteiger partial charge in [0.25, 0.3) is 0 Å². The molecule has 1 saturated heterocycles. The van der Waals surface area contributed by atoms with Gasteiger partial charge in [0.15, 0.2) is 0 Å². The Morgan fingerprint density at radius 1 is 1.47 bits per heavy atom. The van der Waals surface area contributed by atoms with E-state index in [0.717, 1.165) is 38.2 Å². The molecule has 1 unspecified atom stereocenters. The second-order valence-electron chi connectivity index (χ2n) is 4.19. The summed E-state index contributed by atoms with van der Waals surface area (Å²) < 4.78 is 5.60. The quantitative estimate of drug-likeness (QED) is 0.815. The summed E-state index contributed by atoms with van der Waals surface area (Å²) in [5.41, 5.74) is 6.90. The maximum absolute atomic E-state index is 5.70. The highest BCUT2D eigenvalue weighted by molar-refractivity contribution is 5.18. The minimum absolute atomic E-state index is 0.0637. The number of nitrogens with zero attached hydrogens (tertiary/aromatic N) is 1. The van der Waals surface area contributed by atoms with Gasteiger partial charge < -0.3 is 10.5 Å². The van der Waals surface area contributed by atoms with Crippen LogP contribution in [0, 0.1) is 0 Å². The molecule has 0 aliphatic carbocycles. The van der Waals surface area contributed by atoms with E-state index >= 15 is 0 Å². The molecular weight excluding hydrogens is 188 g/mol. The molecular formula is C12H18N2O. The molecule has 0 saturated carbocycles. The van der Waals surface area contributed by atoms with E-state index in [0.29, 0.717) is 6.54 Å². The van der Waals surface area contributed by atoms with E-state index in [1.807, 2.05) is 18.3 Å². The van der Waals surface area contributed by atoms with E-state index in [9.17, 15) is 0 Å². The summed E-state index contributed by atoms with van der Waals surface area (Å²) in [6.07, 6.45) is 5.06. The summed E-state index contributed by atoms with van der Waals surface area (Å²) in [7, 11) is 0. The normalized spacial score (nSPS) is 26.5. The van der Waals surface area contributed by atoms with Gasteiger partial charge in [-0.05, 0) is 37.9 Å². The number of aromatic nitrogens is 1. The third-order valence-corrected chi connectivity index (χ3v) is 3.15. The maximum atomic E-state index is 5.70. The smallest absolute Gasteiger partial charge is 0.0578 e. The van der Waals surface area contributed by atoms with Crippen molar-refractivity contribution in [3.05, 3.63) is 30.1 Å². The van der Waals surface area contributed by atoms with Gasteiger partial charge in [-0.1, -0.05) is 6.07 Å². The Labute approximate surface area is 90.7 Å². The minimum Gasteiger partial charge on any atom is -0.380 e. The monoisotopic (exact) mass is 206 g/mol. The summed E-state index contributed by atoms with van der Waals surface area (Å²) >= 11 is 0. The molecule has 1 atom stereocenters. The van der Waals surface area contributed by atoms with Gasteiger partial charge in [-0.2, -0.15) is 0 Å². The molecule has 1 aromatic heterocycles. The summed E-state index contributed by atoms with van der Waals surface area (Å²) in [5.74, 6) is 0. The first-order chi connectivity index (χ1) is 7.37. The van der Waals surface area contributed by atoms with Crippen molar-refractivity contribution in [2.24, 2.45) is 5.73 Å². The van der Waals surface area contributed by atoms with Gasteiger partial charge in [0, 0.05) is 23.9 Å². The number of ether oxygens (including phenoxy) is 1. The lowest BCUT2D eigenvalue weighted by molar-refractivity contribution is 0.0294. The van der Waals surface area contributed by atoms with Crippen LogP contribution >= 0.6 is 0 Å². The largest absolute Gasteiger partial charge is 0.380 e. The van der Waals surface area contributed by atoms with Crippen molar-refractivity contribution in [3.63, 3.8) is 0 Å². The molecule has 0 bridgehead atoms. The van der Waals surface area contributed by atoms with E-state index in [1.165, 1.54) is 0 Å². The molecule has 1 aromatic rings. The van der Waals surface area contributed by atoms with Crippen molar-refractivity contribution >= 4 is 0 Å². The molecule has 1 aliphatic heterocycles. The number of hydrogen-bond acceptors (Lipinski definition) is 3. The standard InChI is InChI=1S/C12H18N2O/c13-7-6-12(5-3-9-15-10-12)11-4-1-2-8-14-11/h1-2,4,8H,3,5-7,9-10,13H2. The second kappa shape index (κ2) is 4.73. The van der Waals surface area contributed by atoms with Gasteiger partial charge in [-0.3, -0.25) is 4.98 Å². The van der Waals surface area contributed by atoms with Crippen molar-refractivity contribution in [2.45, 2.75) is 24.7 Å². The van der Waals surface area contributed by atoms with E-state index in [4.69, 9.17) is 10.5 Å². The van der Waals surface area contributed by atoms with Crippen LogP contribution < -0.4 is 5.73 Å². The molecule has 1 fully saturated rings. The average Bonchev–Trinajstić information content (AvgIpc) is 2.32. The molecule has 3 heteroatoms. The zero-order valence-electron chi connectivity index (χ0n) is 8.98. The van der Waals surface area contributed by atoms with Crippen LogP contribution in [0.2, 0.25) is 0 Å². The molecule has 15 heavy (non-hydrogen) atoms. The fourth-order valence-corrected chi connectivity index (χ4v) is 2.33. The Morgan fingerprint density at radius 3 is 3.00 bits per heavy atom. The predicted molar refractivity (Wildman–Crippen MR) is 59.6 cm³/mol. The van der Waals surface area contributed by atoms with E-state index in [2.05, 4.69) is 11.1 Å². The SMILES string of the molecule is NCCC1(c2ccccn2)CCCOC1. The molecule has 3 nitrogen and oxygen atoms in total. The Bertz CT molecular complexity index is 288. The van der Waals surface area contributed by atoms with Crippen molar-refractivity contribution in [1.82, 2.24) is 4.98 Å². The first-order valence-corrected chi connectivity index (χ1v) is 5.57. The highest BCUT2D eigenvalue weighted by Crippen LogP contribution is 2.34. The van der Waals surface area contributed by atoms with E-state index in [1.54, 1.807) is 0 Å². The van der Waals surface area contributed by atoms with Crippen molar-refractivity contribution in [1.29, 1.82) is 0 Å². The molecule has 2 N–H and O–H groups in total. The Kier molecular flexibility index (Phi) is 3.34. The second-order valence-corrected chi connectivity index (χ2v) is 4.19. The number of nitrogens with two attached hydrogens (primary N) is 1. The van der Waals surface area contributed by atoms with Crippen molar-refractivity contribution < 1.29 is 4.74 Å². The highest BCUT2D eigenvalue weighted by Gasteiger charge is 2.35. The fourth-order valence-electron chi connectivity index (χ4n) is 2.33. The lowest BCUT2D eigenvalue weighted by Gasteiger charge is -2.36. The van der Waals surface area contributed by atoms with Crippen molar-refractivity contribution in [3.8, 4) is 0 Å². The number of hydrogen-bond donors (Lipinski definition) is 1. The first kappa shape index (κ1) is 10.6. The zero-order chi connectivity index (χ0) is 10.6. The van der Waals surface area contributed by atoms with Gasteiger partial charge in [0.1, 0.15) is 0 Å².